The van der Waals surface area contributed by atoms with E-state index in [1.807, 2.05) is 6.92 Å². The summed E-state index contributed by atoms with van der Waals surface area (Å²) in [7, 11) is 1.52. The summed E-state index contributed by atoms with van der Waals surface area (Å²) >= 11 is 0. The molecule has 0 spiro atoms. The number of hydrogen-bond acceptors (Lipinski definition) is 6. The monoisotopic (exact) mass is 414 g/mol. The van der Waals surface area contributed by atoms with Gasteiger partial charge < -0.3 is 24.8 Å². The summed E-state index contributed by atoms with van der Waals surface area (Å²) in [4.78, 5) is 35.7. The van der Waals surface area contributed by atoms with E-state index in [0.717, 1.165) is 0 Å². The molecule has 0 aliphatic heterocycles. The Morgan fingerprint density at radius 2 is 1.63 bits per heavy atom. The van der Waals surface area contributed by atoms with Gasteiger partial charge in [-0.05, 0) is 49.7 Å². The number of benzene rings is 2. The molecule has 8 nitrogen and oxygen atoms in total. The Morgan fingerprint density at radius 1 is 0.900 bits per heavy atom. The Balaban J connectivity index is 1.64. The van der Waals surface area contributed by atoms with Crippen LogP contribution < -0.4 is 20.1 Å². The fraction of sp³-hybridized carbons (Fsp3) is 0.318. The Labute approximate surface area is 175 Å². The van der Waals surface area contributed by atoms with Crippen molar-refractivity contribution in [3.8, 4) is 11.5 Å². The second-order valence-electron chi connectivity index (χ2n) is 6.27. The van der Waals surface area contributed by atoms with Crippen molar-refractivity contribution in [2.75, 3.05) is 31.0 Å². The first kappa shape index (κ1) is 22.7. The van der Waals surface area contributed by atoms with Gasteiger partial charge in [0.15, 0.2) is 6.61 Å². The predicted molar refractivity (Wildman–Crippen MR) is 113 cm³/mol. The van der Waals surface area contributed by atoms with Crippen molar-refractivity contribution in [1.29, 1.82) is 0 Å². The number of rotatable bonds is 11. The standard InChI is InChI=1S/C22H26N2O6/c1-3-29-17-13-11-16(12-14-17)23-21(26)15-30-22(27)10-6-9-20(25)24-18-7-4-5-8-19(18)28-2/h4-5,7-8,11-14H,3,6,9-10,15H2,1-2H3,(H,23,26)(H,24,25). The zero-order valence-corrected chi connectivity index (χ0v) is 17.1. The highest BCUT2D eigenvalue weighted by molar-refractivity contribution is 5.93. The minimum atomic E-state index is -0.540. The second-order valence-corrected chi connectivity index (χ2v) is 6.27. The molecule has 0 aliphatic rings. The van der Waals surface area contributed by atoms with Gasteiger partial charge in [0, 0.05) is 18.5 Å². The summed E-state index contributed by atoms with van der Waals surface area (Å²) < 4.78 is 15.4. The van der Waals surface area contributed by atoms with Crippen LogP contribution in [0.3, 0.4) is 0 Å². The molecular weight excluding hydrogens is 388 g/mol. The first-order chi connectivity index (χ1) is 14.5. The van der Waals surface area contributed by atoms with E-state index in [-0.39, 0.29) is 25.4 Å². The number of ether oxygens (including phenoxy) is 3. The van der Waals surface area contributed by atoms with Crippen LogP contribution in [-0.2, 0) is 19.1 Å². The molecular formula is C22H26N2O6. The van der Waals surface area contributed by atoms with Crippen molar-refractivity contribution in [3.05, 3.63) is 48.5 Å². The Kier molecular flexibility index (Phi) is 9.18. The molecule has 2 rings (SSSR count). The topological polar surface area (TPSA) is 103 Å². The third-order valence-corrected chi connectivity index (χ3v) is 3.98. The molecule has 0 heterocycles. The van der Waals surface area contributed by atoms with E-state index in [9.17, 15) is 14.4 Å². The van der Waals surface area contributed by atoms with Crippen molar-refractivity contribution < 1.29 is 28.6 Å². The van der Waals surface area contributed by atoms with E-state index in [1.54, 1.807) is 48.5 Å². The number of methoxy groups -OCH3 is 1. The molecule has 2 amide bonds. The predicted octanol–water partition coefficient (Wildman–Crippen LogP) is 3.38. The summed E-state index contributed by atoms with van der Waals surface area (Å²) in [6.45, 7) is 2.06. The fourth-order valence-electron chi connectivity index (χ4n) is 2.57. The SMILES string of the molecule is CCOc1ccc(NC(=O)COC(=O)CCCC(=O)Nc2ccccc2OC)cc1. The van der Waals surface area contributed by atoms with Crippen LogP contribution in [0.15, 0.2) is 48.5 Å². The zero-order valence-electron chi connectivity index (χ0n) is 17.1. The lowest BCUT2D eigenvalue weighted by atomic mass is 10.2. The van der Waals surface area contributed by atoms with Gasteiger partial charge >= 0.3 is 5.97 Å². The van der Waals surface area contributed by atoms with E-state index in [4.69, 9.17) is 14.2 Å². The molecule has 0 saturated heterocycles. The third-order valence-electron chi connectivity index (χ3n) is 3.98. The Morgan fingerprint density at radius 3 is 2.33 bits per heavy atom. The van der Waals surface area contributed by atoms with Crippen molar-refractivity contribution in [3.63, 3.8) is 0 Å². The summed E-state index contributed by atoms with van der Waals surface area (Å²) in [6.07, 6.45) is 0.488. The molecule has 0 aromatic heterocycles. The van der Waals surface area contributed by atoms with Crippen LogP contribution in [0, 0.1) is 0 Å². The molecule has 0 bridgehead atoms. The third kappa shape index (κ3) is 7.83. The van der Waals surface area contributed by atoms with E-state index in [0.29, 0.717) is 35.9 Å². The first-order valence-corrected chi connectivity index (χ1v) is 9.63. The van der Waals surface area contributed by atoms with E-state index < -0.39 is 11.9 Å². The second kappa shape index (κ2) is 12.1. The lowest BCUT2D eigenvalue weighted by Crippen LogP contribution is -2.21. The molecule has 0 radical (unpaired) electrons. The number of hydrogen-bond donors (Lipinski definition) is 2. The van der Waals surface area contributed by atoms with E-state index in [1.165, 1.54) is 7.11 Å². The molecule has 0 fully saturated rings. The molecule has 0 unspecified atom stereocenters. The number of para-hydroxylation sites is 2. The molecule has 8 heteroatoms. The number of esters is 1. The minimum absolute atomic E-state index is 0.0374. The summed E-state index contributed by atoms with van der Waals surface area (Å²) in [5.41, 5.74) is 1.14. The van der Waals surface area contributed by atoms with Gasteiger partial charge in [0.2, 0.25) is 5.91 Å². The molecule has 0 saturated carbocycles. The average Bonchev–Trinajstić information content (AvgIpc) is 2.74. The van der Waals surface area contributed by atoms with Gasteiger partial charge in [0.05, 0.1) is 19.4 Å². The van der Waals surface area contributed by atoms with Gasteiger partial charge in [-0.15, -0.1) is 0 Å². The highest BCUT2D eigenvalue weighted by Crippen LogP contribution is 2.23. The number of anilines is 2. The molecule has 2 aromatic rings. The highest BCUT2D eigenvalue weighted by Gasteiger charge is 2.11. The van der Waals surface area contributed by atoms with Crippen LogP contribution in [-0.4, -0.2) is 38.1 Å². The van der Waals surface area contributed by atoms with Crippen LogP contribution in [0.2, 0.25) is 0 Å². The minimum Gasteiger partial charge on any atom is -0.495 e. The van der Waals surface area contributed by atoms with Crippen LogP contribution in [0.4, 0.5) is 11.4 Å². The summed E-state index contributed by atoms with van der Waals surface area (Å²) in [5.74, 6) is 0.0457. The van der Waals surface area contributed by atoms with Gasteiger partial charge in [0.1, 0.15) is 11.5 Å². The molecule has 160 valence electrons. The number of carbonyl (C=O) groups is 3. The van der Waals surface area contributed by atoms with Crippen molar-refractivity contribution >= 4 is 29.2 Å². The zero-order chi connectivity index (χ0) is 21.8. The smallest absolute Gasteiger partial charge is 0.306 e. The number of carbonyl (C=O) groups excluding carboxylic acids is 3. The lowest BCUT2D eigenvalue weighted by Gasteiger charge is -2.10. The van der Waals surface area contributed by atoms with Gasteiger partial charge in [-0.2, -0.15) is 0 Å². The van der Waals surface area contributed by atoms with Crippen LogP contribution in [0.25, 0.3) is 0 Å². The number of nitrogens with one attached hydrogen (secondary N) is 2. The molecule has 0 atom stereocenters. The Hall–Kier alpha value is -3.55. The van der Waals surface area contributed by atoms with Crippen LogP contribution in [0.5, 0.6) is 11.5 Å². The van der Waals surface area contributed by atoms with Crippen molar-refractivity contribution in [1.82, 2.24) is 0 Å². The van der Waals surface area contributed by atoms with Gasteiger partial charge in [-0.3, -0.25) is 14.4 Å². The Bertz CT molecular complexity index is 851. The fourth-order valence-corrected chi connectivity index (χ4v) is 2.57. The maximum Gasteiger partial charge on any atom is 0.306 e. The quantitative estimate of drug-likeness (QED) is 0.547. The molecule has 2 aromatic carbocycles. The van der Waals surface area contributed by atoms with Crippen LogP contribution >= 0.6 is 0 Å². The van der Waals surface area contributed by atoms with E-state index >= 15 is 0 Å². The van der Waals surface area contributed by atoms with Gasteiger partial charge in [0.25, 0.3) is 5.91 Å². The highest BCUT2D eigenvalue weighted by atomic mass is 16.5. The molecule has 30 heavy (non-hydrogen) atoms. The van der Waals surface area contributed by atoms with Crippen molar-refractivity contribution in [2.24, 2.45) is 0 Å². The normalized spacial score (nSPS) is 10.1. The van der Waals surface area contributed by atoms with Gasteiger partial charge in [-0.1, -0.05) is 12.1 Å². The average molecular weight is 414 g/mol. The summed E-state index contributed by atoms with van der Waals surface area (Å²) in [6, 6.07) is 13.9. The molecule has 0 aliphatic carbocycles. The lowest BCUT2D eigenvalue weighted by molar-refractivity contribution is -0.147. The van der Waals surface area contributed by atoms with E-state index in [2.05, 4.69) is 10.6 Å². The summed E-state index contributed by atoms with van der Waals surface area (Å²) in [5, 5.41) is 5.37. The first-order valence-electron chi connectivity index (χ1n) is 9.63. The maximum atomic E-state index is 12.0. The van der Waals surface area contributed by atoms with Crippen LogP contribution in [0.1, 0.15) is 26.2 Å². The maximum absolute atomic E-state index is 12.0. The van der Waals surface area contributed by atoms with Gasteiger partial charge in [-0.25, -0.2) is 0 Å². The van der Waals surface area contributed by atoms with Crippen molar-refractivity contribution in [2.45, 2.75) is 26.2 Å². The largest absolute Gasteiger partial charge is 0.495 e. The number of amides is 2. The molecule has 2 N–H and O–H groups in total.